The van der Waals surface area contributed by atoms with Crippen LogP contribution in [0, 0.1) is 11.6 Å². The van der Waals surface area contributed by atoms with E-state index in [1.54, 1.807) is 30.3 Å². The van der Waals surface area contributed by atoms with Crippen molar-refractivity contribution >= 4 is 34.6 Å². The van der Waals surface area contributed by atoms with Gasteiger partial charge in [-0.1, -0.05) is 6.07 Å². The first-order valence-corrected chi connectivity index (χ1v) is 8.28. The Morgan fingerprint density at radius 2 is 1.54 bits per heavy atom. The Morgan fingerprint density at radius 3 is 2.25 bits per heavy atom. The third kappa shape index (κ3) is 4.88. The lowest BCUT2D eigenvalue weighted by Gasteiger charge is -2.10. The Labute approximate surface area is 159 Å². The third-order valence-electron chi connectivity index (χ3n) is 3.64. The SMILES string of the molecule is CC(=O)Nc1cccc(NC(=O)c2cc(Nc3ccc(F)c(F)c3)ccn2)c1. The van der Waals surface area contributed by atoms with Crippen molar-refractivity contribution in [2.45, 2.75) is 6.92 Å². The zero-order valence-corrected chi connectivity index (χ0v) is 14.8. The number of anilines is 4. The molecule has 3 N–H and O–H groups in total. The Hall–Kier alpha value is -3.81. The number of carbonyl (C=O) groups is 2. The number of pyridine rings is 1. The zero-order valence-electron chi connectivity index (χ0n) is 14.8. The van der Waals surface area contributed by atoms with E-state index < -0.39 is 17.5 Å². The van der Waals surface area contributed by atoms with Crippen molar-refractivity contribution in [1.82, 2.24) is 4.98 Å². The molecule has 0 saturated carbocycles. The highest BCUT2D eigenvalue weighted by atomic mass is 19.2. The molecule has 0 bridgehead atoms. The van der Waals surface area contributed by atoms with Crippen LogP contribution in [0.15, 0.2) is 60.8 Å². The van der Waals surface area contributed by atoms with Gasteiger partial charge in [0.05, 0.1) is 0 Å². The number of hydrogen-bond acceptors (Lipinski definition) is 4. The number of halogens is 2. The minimum Gasteiger partial charge on any atom is -0.355 e. The highest BCUT2D eigenvalue weighted by molar-refractivity contribution is 6.03. The number of hydrogen-bond donors (Lipinski definition) is 3. The molecule has 8 heteroatoms. The van der Waals surface area contributed by atoms with E-state index in [1.807, 2.05) is 0 Å². The molecule has 2 amide bonds. The average molecular weight is 382 g/mol. The van der Waals surface area contributed by atoms with Gasteiger partial charge in [0.2, 0.25) is 5.91 Å². The number of carbonyl (C=O) groups excluding carboxylic acids is 2. The number of benzene rings is 2. The molecule has 0 radical (unpaired) electrons. The summed E-state index contributed by atoms with van der Waals surface area (Å²) in [5.41, 5.74) is 1.97. The molecular formula is C20H16F2N4O2. The van der Waals surface area contributed by atoms with Gasteiger partial charge in [0.1, 0.15) is 5.69 Å². The summed E-state index contributed by atoms with van der Waals surface area (Å²) in [6.07, 6.45) is 1.42. The van der Waals surface area contributed by atoms with Crippen LogP contribution in [0.1, 0.15) is 17.4 Å². The maximum absolute atomic E-state index is 13.3. The molecule has 0 aliphatic carbocycles. The third-order valence-corrected chi connectivity index (χ3v) is 3.64. The zero-order chi connectivity index (χ0) is 20.1. The Morgan fingerprint density at radius 1 is 0.821 bits per heavy atom. The average Bonchev–Trinajstić information content (AvgIpc) is 2.65. The van der Waals surface area contributed by atoms with E-state index in [0.717, 1.165) is 12.1 Å². The largest absolute Gasteiger partial charge is 0.355 e. The van der Waals surface area contributed by atoms with Crippen LogP contribution in [0.4, 0.5) is 31.5 Å². The van der Waals surface area contributed by atoms with Crippen LogP contribution in [-0.2, 0) is 4.79 Å². The lowest BCUT2D eigenvalue weighted by Crippen LogP contribution is -2.14. The second-order valence-electron chi connectivity index (χ2n) is 5.90. The number of aromatic nitrogens is 1. The molecule has 0 saturated heterocycles. The lowest BCUT2D eigenvalue weighted by atomic mass is 10.2. The predicted octanol–water partition coefficient (Wildman–Crippen LogP) is 4.31. The van der Waals surface area contributed by atoms with E-state index >= 15 is 0 Å². The fourth-order valence-corrected chi connectivity index (χ4v) is 2.45. The minimum absolute atomic E-state index is 0.123. The maximum atomic E-state index is 13.3. The molecule has 0 aliphatic rings. The van der Waals surface area contributed by atoms with E-state index in [1.165, 1.54) is 25.3 Å². The summed E-state index contributed by atoms with van der Waals surface area (Å²) < 4.78 is 26.3. The van der Waals surface area contributed by atoms with Gasteiger partial charge in [-0.3, -0.25) is 14.6 Å². The molecule has 28 heavy (non-hydrogen) atoms. The molecule has 2 aromatic carbocycles. The van der Waals surface area contributed by atoms with Crippen molar-refractivity contribution in [1.29, 1.82) is 0 Å². The minimum atomic E-state index is -0.976. The summed E-state index contributed by atoms with van der Waals surface area (Å²) in [6, 6.07) is 13.2. The van der Waals surface area contributed by atoms with Crippen LogP contribution in [0.2, 0.25) is 0 Å². The molecule has 3 aromatic rings. The summed E-state index contributed by atoms with van der Waals surface area (Å²) in [7, 11) is 0. The molecule has 3 rings (SSSR count). The first-order chi connectivity index (χ1) is 13.4. The van der Waals surface area contributed by atoms with Crippen molar-refractivity contribution in [3.05, 3.63) is 78.1 Å². The maximum Gasteiger partial charge on any atom is 0.274 e. The van der Waals surface area contributed by atoms with Crippen molar-refractivity contribution in [2.75, 3.05) is 16.0 Å². The van der Waals surface area contributed by atoms with Gasteiger partial charge < -0.3 is 16.0 Å². The molecule has 1 aromatic heterocycles. The van der Waals surface area contributed by atoms with Gasteiger partial charge in [-0.15, -0.1) is 0 Å². The normalized spacial score (nSPS) is 10.2. The van der Waals surface area contributed by atoms with Crippen LogP contribution in [0.3, 0.4) is 0 Å². The van der Waals surface area contributed by atoms with E-state index in [2.05, 4.69) is 20.9 Å². The molecule has 142 valence electrons. The fourth-order valence-electron chi connectivity index (χ4n) is 2.45. The summed E-state index contributed by atoms with van der Waals surface area (Å²) >= 11 is 0. The van der Waals surface area contributed by atoms with Crippen LogP contribution >= 0.6 is 0 Å². The molecular weight excluding hydrogens is 366 g/mol. The van der Waals surface area contributed by atoms with Gasteiger partial charge in [0, 0.05) is 41.9 Å². The molecule has 0 fully saturated rings. The first kappa shape index (κ1) is 19.0. The number of nitrogens with zero attached hydrogens (tertiary/aromatic N) is 1. The molecule has 0 unspecified atom stereocenters. The van der Waals surface area contributed by atoms with E-state index in [9.17, 15) is 18.4 Å². The highest BCUT2D eigenvalue weighted by Gasteiger charge is 2.10. The Bertz CT molecular complexity index is 1040. The van der Waals surface area contributed by atoms with Crippen molar-refractivity contribution in [3.8, 4) is 0 Å². The number of nitrogens with one attached hydrogen (secondary N) is 3. The summed E-state index contributed by atoms with van der Waals surface area (Å²) in [5, 5.41) is 8.21. The molecule has 6 nitrogen and oxygen atoms in total. The number of rotatable bonds is 5. The van der Waals surface area contributed by atoms with Crippen LogP contribution in [0.25, 0.3) is 0 Å². The van der Waals surface area contributed by atoms with Crippen molar-refractivity contribution in [3.63, 3.8) is 0 Å². The van der Waals surface area contributed by atoms with Gasteiger partial charge in [-0.25, -0.2) is 8.78 Å². The van der Waals surface area contributed by atoms with E-state index in [0.29, 0.717) is 22.7 Å². The monoisotopic (exact) mass is 382 g/mol. The lowest BCUT2D eigenvalue weighted by molar-refractivity contribution is -0.114. The predicted molar refractivity (Wildman–Crippen MR) is 103 cm³/mol. The molecule has 0 aliphatic heterocycles. The van der Waals surface area contributed by atoms with Crippen molar-refractivity contribution < 1.29 is 18.4 Å². The van der Waals surface area contributed by atoms with Crippen molar-refractivity contribution in [2.24, 2.45) is 0 Å². The van der Waals surface area contributed by atoms with Gasteiger partial charge in [-0.2, -0.15) is 0 Å². The van der Waals surface area contributed by atoms with Gasteiger partial charge in [0.15, 0.2) is 11.6 Å². The number of amides is 2. The summed E-state index contributed by atoms with van der Waals surface area (Å²) in [4.78, 5) is 27.6. The van der Waals surface area contributed by atoms with Crippen LogP contribution < -0.4 is 16.0 Å². The van der Waals surface area contributed by atoms with Gasteiger partial charge in [-0.05, 0) is 42.5 Å². The molecule has 0 atom stereocenters. The summed E-state index contributed by atoms with van der Waals surface area (Å²) in [5.74, 6) is -2.60. The second-order valence-corrected chi connectivity index (χ2v) is 5.90. The first-order valence-electron chi connectivity index (χ1n) is 8.28. The fraction of sp³-hybridized carbons (Fsp3) is 0.0500. The van der Waals surface area contributed by atoms with Crippen LogP contribution in [0.5, 0.6) is 0 Å². The molecule has 0 spiro atoms. The quantitative estimate of drug-likeness (QED) is 0.614. The smallest absolute Gasteiger partial charge is 0.274 e. The topological polar surface area (TPSA) is 83.1 Å². The van der Waals surface area contributed by atoms with Gasteiger partial charge >= 0.3 is 0 Å². The summed E-state index contributed by atoms with van der Waals surface area (Å²) in [6.45, 7) is 1.39. The van der Waals surface area contributed by atoms with E-state index in [-0.39, 0.29) is 11.6 Å². The van der Waals surface area contributed by atoms with Crippen LogP contribution in [-0.4, -0.2) is 16.8 Å². The molecule has 1 heterocycles. The highest BCUT2D eigenvalue weighted by Crippen LogP contribution is 2.20. The standard InChI is InChI=1S/C20H16F2N4O2/c1-12(27)24-13-3-2-4-14(9-13)26-20(28)19-11-16(7-8-23-19)25-15-5-6-17(21)18(22)10-15/h2-11H,1H3,(H,23,25)(H,24,27)(H,26,28). The van der Waals surface area contributed by atoms with Gasteiger partial charge in [0.25, 0.3) is 5.91 Å². The van der Waals surface area contributed by atoms with E-state index in [4.69, 9.17) is 0 Å². The Kier molecular flexibility index (Phi) is 5.59. The second kappa shape index (κ2) is 8.26. The Balaban J connectivity index is 1.73.